The summed E-state index contributed by atoms with van der Waals surface area (Å²) in [5.41, 5.74) is 6.04. The zero-order chi connectivity index (χ0) is 14.3. The van der Waals surface area contributed by atoms with Gasteiger partial charge in [0.15, 0.2) is 5.13 Å². The van der Waals surface area contributed by atoms with E-state index < -0.39 is 11.0 Å². The van der Waals surface area contributed by atoms with Gasteiger partial charge >= 0.3 is 0 Å². The Morgan fingerprint density at radius 3 is 2.47 bits per heavy atom. The second-order valence-corrected chi connectivity index (χ2v) is 7.48. The van der Waals surface area contributed by atoms with Gasteiger partial charge in [-0.2, -0.15) is 0 Å². The quantitative estimate of drug-likeness (QED) is 0.895. The van der Waals surface area contributed by atoms with Crippen molar-refractivity contribution in [2.75, 3.05) is 5.32 Å². The fourth-order valence-electron chi connectivity index (χ4n) is 1.95. The SMILES string of the molecule is CC(C)(N)C(C)(C)C(=O)Nc1nc2c(s1)CCCC2. The summed E-state index contributed by atoms with van der Waals surface area (Å²) in [6.07, 6.45) is 4.55. The molecule has 1 aromatic rings. The number of rotatable bonds is 3. The number of anilines is 1. The van der Waals surface area contributed by atoms with E-state index in [9.17, 15) is 4.79 Å². The lowest BCUT2D eigenvalue weighted by Gasteiger charge is -2.36. The van der Waals surface area contributed by atoms with Crippen molar-refractivity contribution in [2.24, 2.45) is 11.1 Å². The zero-order valence-electron chi connectivity index (χ0n) is 12.2. The number of carbonyl (C=O) groups is 1. The second-order valence-electron chi connectivity index (χ2n) is 6.40. The van der Waals surface area contributed by atoms with Crippen molar-refractivity contribution in [3.8, 4) is 0 Å². The Balaban J connectivity index is 2.13. The number of amides is 1. The van der Waals surface area contributed by atoms with Crippen molar-refractivity contribution >= 4 is 22.4 Å². The Hall–Kier alpha value is -0.940. The van der Waals surface area contributed by atoms with E-state index in [4.69, 9.17) is 5.73 Å². The molecule has 0 fully saturated rings. The molecule has 0 aromatic carbocycles. The lowest BCUT2D eigenvalue weighted by Crippen LogP contribution is -2.53. The number of carbonyl (C=O) groups excluding carboxylic acids is 1. The van der Waals surface area contributed by atoms with Crippen LogP contribution in [-0.4, -0.2) is 16.4 Å². The van der Waals surface area contributed by atoms with Crippen LogP contribution in [0.25, 0.3) is 0 Å². The first-order valence-electron chi connectivity index (χ1n) is 6.81. The average molecular weight is 281 g/mol. The Morgan fingerprint density at radius 2 is 1.89 bits per heavy atom. The molecule has 1 aliphatic rings. The number of nitrogens with one attached hydrogen (secondary N) is 1. The maximum Gasteiger partial charge on any atom is 0.233 e. The van der Waals surface area contributed by atoms with E-state index in [0.717, 1.165) is 18.5 Å². The average Bonchev–Trinajstić information content (AvgIpc) is 2.69. The number of nitrogens with zero attached hydrogens (tertiary/aromatic N) is 1. The lowest BCUT2D eigenvalue weighted by molar-refractivity contribution is -0.126. The molecule has 0 bridgehead atoms. The van der Waals surface area contributed by atoms with Crippen molar-refractivity contribution in [2.45, 2.75) is 58.9 Å². The molecule has 0 unspecified atom stereocenters. The van der Waals surface area contributed by atoms with Gasteiger partial charge in [0.1, 0.15) is 0 Å². The van der Waals surface area contributed by atoms with Crippen LogP contribution in [-0.2, 0) is 17.6 Å². The molecule has 5 heteroatoms. The molecule has 106 valence electrons. The number of aromatic nitrogens is 1. The van der Waals surface area contributed by atoms with Crippen molar-refractivity contribution in [3.63, 3.8) is 0 Å². The van der Waals surface area contributed by atoms with Crippen LogP contribution in [0.5, 0.6) is 0 Å². The van der Waals surface area contributed by atoms with Crippen LogP contribution in [0.1, 0.15) is 51.1 Å². The molecule has 0 spiro atoms. The van der Waals surface area contributed by atoms with Gasteiger partial charge in [-0.05, 0) is 53.4 Å². The molecule has 0 atom stereocenters. The number of hydrogen-bond donors (Lipinski definition) is 2. The van der Waals surface area contributed by atoms with E-state index in [1.807, 2.05) is 27.7 Å². The number of fused-ring (bicyclic) bond motifs is 1. The smallest absolute Gasteiger partial charge is 0.233 e. The Bertz CT molecular complexity index is 462. The highest BCUT2D eigenvalue weighted by Crippen LogP contribution is 2.33. The minimum absolute atomic E-state index is 0.0638. The van der Waals surface area contributed by atoms with Gasteiger partial charge in [-0.25, -0.2) is 4.98 Å². The molecule has 4 nitrogen and oxygen atoms in total. The molecule has 0 saturated heterocycles. The summed E-state index contributed by atoms with van der Waals surface area (Å²) < 4.78 is 0. The van der Waals surface area contributed by atoms with Crippen molar-refractivity contribution in [3.05, 3.63) is 10.6 Å². The van der Waals surface area contributed by atoms with Gasteiger partial charge in [0.2, 0.25) is 5.91 Å². The maximum atomic E-state index is 12.4. The first kappa shape index (κ1) is 14.5. The lowest BCUT2D eigenvalue weighted by atomic mass is 9.74. The van der Waals surface area contributed by atoms with Crippen LogP contribution in [0.2, 0.25) is 0 Å². The highest BCUT2D eigenvalue weighted by atomic mass is 32.1. The first-order valence-corrected chi connectivity index (χ1v) is 7.62. The third kappa shape index (κ3) is 2.82. The van der Waals surface area contributed by atoms with Crippen LogP contribution in [0.4, 0.5) is 5.13 Å². The molecule has 1 aliphatic carbocycles. The van der Waals surface area contributed by atoms with Crippen LogP contribution >= 0.6 is 11.3 Å². The van der Waals surface area contributed by atoms with E-state index in [0.29, 0.717) is 5.13 Å². The van der Waals surface area contributed by atoms with E-state index in [1.54, 1.807) is 11.3 Å². The molecule has 3 N–H and O–H groups in total. The topological polar surface area (TPSA) is 68.0 Å². The van der Waals surface area contributed by atoms with Gasteiger partial charge in [-0.1, -0.05) is 0 Å². The molecule has 1 aromatic heterocycles. The molecule has 2 rings (SSSR count). The molecule has 0 radical (unpaired) electrons. The second kappa shape index (κ2) is 4.87. The van der Waals surface area contributed by atoms with E-state index >= 15 is 0 Å². The van der Waals surface area contributed by atoms with Gasteiger partial charge in [-0.15, -0.1) is 11.3 Å². The van der Waals surface area contributed by atoms with E-state index in [1.165, 1.54) is 17.7 Å². The van der Waals surface area contributed by atoms with E-state index in [-0.39, 0.29) is 5.91 Å². The minimum Gasteiger partial charge on any atom is -0.325 e. The van der Waals surface area contributed by atoms with Crippen LogP contribution < -0.4 is 11.1 Å². The summed E-state index contributed by atoms with van der Waals surface area (Å²) in [7, 11) is 0. The predicted molar refractivity (Wildman–Crippen MR) is 79.4 cm³/mol. The Morgan fingerprint density at radius 1 is 1.26 bits per heavy atom. The molecular weight excluding hydrogens is 258 g/mol. The summed E-state index contributed by atoms with van der Waals surface area (Å²) >= 11 is 1.61. The van der Waals surface area contributed by atoms with Gasteiger partial charge in [0, 0.05) is 10.4 Å². The van der Waals surface area contributed by atoms with Gasteiger partial charge < -0.3 is 11.1 Å². The standard InChI is InChI=1S/C14H23N3OS/c1-13(2,14(3,4)15)11(18)17-12-16-9-7-5-6-8-10(9)19-12/h5-8,15H2,1-4H3,(H,16,17,18). The highest BCUT2D eigenvalue weighted by Gasteiger charge is 2.40. The molecule has 1 heterocycles. The summed E-state index contributed by atoms with van der Waals surface area (Å²) in [4.78, 5) is 18.2. The molecule has 19 heavy (non-hydrogen) atoms. The maximum absolute atomic E-state index is 12.4. The molecule has 0 saturated carbocycles. The van der Waals surface area contributed by atoms with Gasteiger partial charge in [0.05, 0.1) is 11.1 Å². The predicted octanol–water partition coefficient (Wildman–Crippen LogP) is 2.72. The fraction of sp³-hybridized carbons (Fsp3) is 0.714. The molecule has 1 amide bonds. The highest BCUT2D eigenvalue weighted by molar-refractivity contribution is 7.15. The third-order valence-corrected chi connectivity index (χ3v) is 5.32. The summed E-state index contributed by atoms with van der Waals surface area (Å²) in [6.45, 7) is 7.49. The van der Waals surface area contributed by atoms with Crippen molar-refractivity contribution in [1.29, 1.82) is 0 Å². The van der Waals surface area contributed by atoms with Crippen LogP contribution in [0.3, 0.4) is 0 Å². The minimum atomic E-state index is -0.640. The first-order chi connectivity index (χ1) is 8.72. The molecular formula is C14H23N3OS. The Kier molecular flexibility index (Phi) is 3.71. The number of nitrogens with two attached hydrogens (primary N) is 1. The molecule has 0 aliphatic heterocycles. The van der Waals surface area contributed by atoms with E-state index in [2.05, 4.69) is 10.3 Å². The normalized spacial score (nSPS) is 16.1. The summed E-state index contributed by atoms with van der Waals surface area (Å²) in [5, 5.41) is 3.65. The van der Waals surface area contributed by atoms with Crippen LogP contribution in [0, 0.1) is 5.41 Å². The van der Waals surface area contributed by atoms with Crippen LogP contribution in [0.15, 0.2) is 0 Å². The number of thiazole rings is 1. The third-order valence-electron chi connectivity index (χ3n) is 4.24. The van der Waals surface area contributed by atoms with Crippen molar-refractivity contribution < 1.29 is 4.79 Å². The van der Waals surface area contributed by atoms with Gasteiger partial charge in [-0.3, -0.25) is 4.79 Å². The Labute approximate surface area is 118 Å². The zero-order valence-corrected chi connectivity index (χ0v) is 13.0. The number of aryl methyl sites for hydroxylation is 2. The summed E-state index contributed by atoms with van der Waals surface area (Å²) in [5.74, 6) is -0.0638. The monoisotopic (exact) mass is 281 g/mol. The van der Waals surface area contributed by atoms with Crippen molar-refractivity contribution in [1.82, 2.24) is 4.98 Å². The largest absolute Gasteiger partial charge is 0.325 e. The van der Waals surface area contributed by atoms with Gasteiger partial charge in [0.25, 0.3) is 0 Å². The number of hydrogen-bond acceptors (Lipinski definition) is 4. The summed E-state index contributed by atoms with van der Waals surface area (Å²) in [6, 6.07) is 0. The fourth-order valence-corrected chi connectivity index (χ4v) is 3.00.